The number of aliphatic hydroxyl groups is 1. The molecule has 8 bridgehead atoms. The molecule has 0 spiro atoms. The molecule has 0 aromatic heterocycles. The van der Waals surface area contributed by atoms with Crippen LogP contribution < -0.4 is 0 Å². The van der Waals surface area contributed by atoms with Crippen molar-refractivity contribution < 1.29 is 68.9 Å². The monoisotopic (exact) mass is 1460 g/mol. The molecule has 8 aliphatic heterocycles. The van der Waals surface area contributed by atoms with Gasteiger partial charge in [0.05, 0.1) is 84.7 Å². The van der Waals surface area contributed by atoms with Crippen LogP contribution in [-0.2, 0) is 65.2 Å². The SMILES string of the molecule is C=C1C[C@@H]2CCC(O)/C=C/[C@H](O[Si](C)(C)C(C)(C)C)[C@@H]3O[C@H]4CCC(CC(=O)C(S(=O)(=O)c5ccccc5)[C@H]5[C@H](CC6O[C@@H](CCC1O2)C[C@@H](C)C6=C)OC(C[C@@H](CO[Si](C)(C)C(C)(C)C)O[Si](C)(C)C(C)(C)C)[C@@H]5OC)O[C@@H]4[C@H](O[Si](C)(C)C(C)(C)C)[C@@H]3O[Si](C)(C)C(C)(C)C. The zero-order chi connectivity index (χ0) is 73.0. The fraction of sp³-hybridized carbons (Fsp3) is 0.829. The minimum Gasteiger partial charge on any atom is -0.414 e. The molecule has 0 radical (unpaired) electrons. The number of ketones is 1. The first-order valence-corrected chi connectivity index (χ1v) is 53.0. The van der Waals surface area contributed by atoms with Gasteiger partial charge in [-0.1, -0.05) is 154 Å². The summed E-state index contributed by atoms with van der Waals surface area (Å²) in [6, 6.07) is 8.40. The second kappa shape index (κ2) is 31.0. The van der Waals surface area contributed by atoms with Gasteiger partial charge in [0, 0.05) is 32.3 Å². The highest BCUT2D eigenvalue weighted by Crippen LogP contribution is 2.51. The zero-order valence-electron chi connectivity index (χ0n) is 65.5. The molecule has 8 aliphatic rings. The molecule has 5 fully saturated rings. The van der Waals surface area contributed by atoms with Gasteiger partial charge in [-0.25, -0.2) is 8.42 Å². The number of Topliss-reactive ketones (excluding diaryl/α,β-unsaturated/α-hetero) is 1. The van der Waals surface area contributed by atoms with Crippen LogP contribution in [0.15, 0.2) is 71.7 Å². The molecule has 1 N–H and O–H groups in total. The lowest BCUT2D eigenvalue weighted by Gasteiger charge is -2.56. The highest BCUT2D eigenvalue weighted by Gasteiger charge is 2.61. The number of benzene rings is 1. The molecular formula is C76H136O15SSi5. The number of sulfone groups is 1. The molecule has 1 aromatic carbocycles. The van der Waals surface area contributed by atoms with E-state index in [0.29, 0.717) is 58.0 Å². The first kappa shape index (κ1) is 82.9. The molecule has 8 heterocycles. The van der Waals surface area contributed by atoms with Crippen LogP contribution in [0, 0.1) is 11.8 Å². The number of rotatable bonds is 16. The molecule has 5 saturated heterocycles. The third-order valence-electron chi connectivity index (χ3n) is 25.2. The third-order valence-corrected chi connectivity index (χ3v) is 49.8. The fourth-order valence-corrected chi connectivity index (χ4v) is 21.9. The Hall–Kier alpha value is -1.34. The maximum Gasteiger partial charge on any atom is 0.193 e. The summed E-state index contributed by atoms with van der Waals surface area (Å²) in [5.74, 6) is -1.43. The lowest BCUT2D eigenvalue weighted by atomic mass is 9.81. The van der Waals surface area contributed by atoms with E-state index in [-0.39, 0.29) is 67.2 Å². The molecule has 6 unspecified atom stereocenters. The van der Waals surface area contributed by atoms with Crippen molar-refractivity contribution in [2.75, 3.05) is 13.7 Å². The zero-order valence-corrected chi connectivity index (χ0v) is 71.3. The van der Waals surface area contributed by atoms with Crippen molar-refractivity contribution in [3.05, 3.63) is 66.8 Å². The van der Waals surface area contributed by atoms with Crippen molar-refractivity contribution >= 4 is 57.2 Å². The molecule has 15 nitrogen and oxygen atoms in total. The average molecular weight is 1460 g/mol. The third kappa shape index (κ3) is 19.6. The Kier molecular flexibility index (Phi) is 26.5. The predicted molar refractivity (Wildman–Crippen MR) is 405 cm³/mol. The summed E-state index contributed by atoms with van der Waals surface area (Å²) in [4.78, 5) is 16.6. The van der Waals surface area contributed by atoms with Crippen LogP contribution >= 0.6 is 0 Å². The summed E-state index contributed by atoms with van der Waals surface area (Å²) < 4.78 is 114. The lowest BCUT2D eigenvalue weighted by Crippen LogP contribution is -2.69. The first-order chi connectivity index (χ1) is 44.2. The van der Waals surface area contributed by atoms with Gasteiger partial charge in [-0.15, -0.1) is 0 Å². The van der Waals surface area contributed by atoms with E-state index in [4.69, 9.17) is 50.6 Å². The number of carbonyl (C=O) groups is 1. The Morgan fingerprint density at radius 1 is 0.567 bits per heavy atom. The van der Waals surface area contributed by atoms with Crippen LogP contribution in [0.1, 0.15) is 181 Å². The van der Waals surface area contributed by atoms with Crippen LogP contribution in [0.3, 0.4) is 0 Å². The molecule has 0 saturated carbocycles. The Balaban J connectivity index is 1.43. The minimum atomic E-state index is -4.52. The molecule has 556 valence electrons. The van der Waals surface area contributed by atoms with Crippen LogP contribution in [0.4, 0.5) is 0 Å². The number of hydrogen-bond donors (Lipinski definition) is 1. The molecule has 19 atom stereocenters. The normalized spacial score (nSPS) is 34.1. The number of ether oxygens (including phenoxy) is 6. The van der Waals surface area contributed by atoms with Gasteiger partial charge < -0.3 is 55.7 Å². The summed E-state index contributed by atoms with van der Waals surface area (Å²) in [5, 5.41) is 9.54. The molecule has 0 amide bonds. The van der Waals surface area contributed by atoms with Crippen molar-refractivity contribution in [2.24, 2.45) is 11.8 Å². The van der Waals surface area contributed by atoms with Gasteiger partial charge in [0.25, 0.3) is 0 Å². The largest absolute Gasteiger partial charge is 0.414 e. The number of fused-ring (bicyclic) bond motifs is 2. The predicted octanol–water partition coefficient (Wildman–Crippen LogP) is 17.4. The van der Waals surface area contributed by atoms with E-state index < -0.39 is 148 Å². The van der Waals surface area contributed by atoms with Gasteiger partial charge in [0.2, 0.25) is 0 Å². The summed E-state index contributed by atoms with van der Waals surface area (Å²) >= 11 is 0. The molecule has 9 rings (SSSR count). The van der Waals surface area contributed by atoms with Gasteiger partial charge in [0.15, 0.2) is 57.2 Å². The van der Waals surface area contributed by atoms with Crippen LogP contribution in [0.5, 0.6) is 0 Å². The molecule has 97 heavy (non-hydrogen) atoms. The molecule has 0 aliphatic carbocycles. The molecule has 21 heteroatoms. The Labute approximate surface area is 594 Å². The van der Waals surface area contributed by atoms with Crippen LogP contribution in [-0.4, -0.2) is 178 Å². The highest BCUT2D eigenvalue weighted by atomic mass is 32.2. The molecular weight excluding hydrogens is 1330 g/mol. The topological polar surface area (TPSA) is 173 Å². The Morgan fingerprint density at radius 3 is 1.64 bits per heavy atom. The summed E-state index contributed by atoms with van der Waals surface area (Å²) in [6.45, 7) is 67.7. The average Bonchev–Trinajstić information content (AvgIpc) is 1.69. The van der Waals surface area contributed by atoms with Gasteiger partial charge >= 0.3 is 0 Å². The lowest BCUT2D eigenvalue weighted by molar-refractivity contribution is -0.266. The molecule has 1 aromatic rings. The van der Waals surface area contributed by atoms with Crippen molar-refractivity contribution in [1.82, 2.24) is 0 Å². The van der Waals surface area contributed by atoms with Gasteiger partial charge in [-0.3, -0.25) is 4.79 Å². The highest BCUT2D eigenvalue weighted by molar-refractivity contribution is 7.92. The summed E-state index contributed by atoms with van der Waals surface area (Å²) in [6.07, 6.45) is -0.429. The number of carbonyl (C=O) groups excluding carboxylic acids is 1. The standard InChI is InChI=1S/C76H136O15SSi5/c1-49-43-54-38-41-59-50(2)44-53(83-59)37-35-52(77)36-40-61(89-95(24,25)74(10,11)12)68-70(91-97(28,29)76(16,17)18)69(90-96(26,27)75(13,14)15)67-60(87-68)42-39-55(85-67)45-58(78)71(92(79,80)57-33-31-30-32-34-57)65-63(47-62(84-54)51(49)3)86-64(66(65)81-19)46-56(88-94(22,23)73(7,8)9)48-82-93(20,21)72(4,5)6/h30-34,36,40,49,52-56,59-71,77H,2-3,35,37-39,41-48H2,1,4-29H3/b40-36+/t49-,52?,53+,54+,55?,56+,59?,60+,61+,62?,63+,64?,65+,66+,67+,68+,69+,70-,71?/m1/s1. The quantitative estimate of drug-likeness (QED) is 0.122. The Morgan fingerprint density at radius 2 is 1.08 bits per heavy atom. The van der Waals surface area contributed by atoms with Crippen molar-refractivity contribution in [1.29, 1.82) is 0 Å². The number of hydrogen-bond acceptors (Lipinski definition) is 15. The van der Waals surface area contributed by atoms with Gasteiger partial charge in [0.1, 0.15) is 29.7 Å². The van der Waals surface area contributed by atoms with E-state index in [2.05, 4.69) is 189 Å². The minimum absolute atomic E-state index is 0.0396. The number of aliphatic hydroxyl groups excluding tert-OH is 1. The first-order valence-electron chi connectivity index (χ1n) is 36.9. The Bertz CT molecular complexity index is 2960. The fourth-order valence-electron chi connectivity index (χ4n) is 13.7. The van der Waals surface area contributed by atoms with E-state index in [1.165, 1.54) is 0 Å². The second-order valence-corrected chi connectivity index (χ2v) is 63.5. The van der Waals surface area contributed by atoms with E-state index >= 15 is 13.2 Å². The smallest absolute Gasteiger partial charge is 0.193 e. The maximum absolute atomic E-state index is 16.5. The number of methoxy groups -OCH3 is 1. The van der Waals surface area contributed by atoms with Crippen molar-refractivity contribution in [2.45, 2.75) is 380 Å². The van der Waals surface area contributed by atoms with Crippen LogP contribution in [0.25, 0.3) is 0 Å². The summed E-state index contributed by atoms with van der Waals surface area (Å²) in [5.41, 5.74) is 1.94. The van der Waals surface area contributed by atoms with E-state index in [1.807, 2.05) is 12.2 Å². The second-order valence-electron chi connectivity index (χ2n) is 37.6. The van der Waals surface area contributed by atoms with Gasteiger partial charge in [-0.2, -0.15) is 0 Å². The summed E-state index contributed by atoms with van der Waals surface area (Å²) in [7, 11) is -15.7. The van der Waals surface area contributed by atoms with E-state index in [0.717, 1.165) is 17.6 Å². The van der Waals surface area contributed by atoms with Crippen LogP contribution in [0.2, 0.25) is 90.7 Å². The van der Waals surface area contributed by atoms with E-state index in [1.54, 1.807) is 37.4 Å². The van der Waals surface area contributed by atoms with Crippen molar-refractivity contribution in [3.8, 4) is 0 Å². The van der Waals surface area contributed by atoms with E-state index in [9.17, 15) is 5.11 Å². The maximum atomic E-state index is 16.5. The van der Waals surface area contributed by atoms with Crippen molar-refractivity contribution in [3.63, 3.8) is 0 Å². The van der Waals surface area contributed by atoms with Gasteiger partial charge in [-0.05, 0) is 171 Å².